The Morgan fingerprint density at radius 3 is 0.960 bits per heavy atom. The van der Waals surface area contributed by atoms with E-state index < -0.39 is 0 Å². The molecule has 0 aliphatic rings. The summed E-state index contributed by atoms with van der Waals surface area (Å²) in [6.45, 7) is 3.76. The molecule has 0 saturated carbocycles. The first-order valence-electron chi connectivity index (χ1n) is 32.0. The summed E-state index contributed by atoms with van der Waals surface area (Å²) in [5.74, 6) is 0. The maximum absolute atomic E-state index is 6.47. The van der Waals surface area contributed by atoms with Crippen molar-refractivity contribution in [1.82, 2.24) is 28.7 Å². The Hall–Kier alpha value is -6.46. The predicted octanol–water partition coefficient (Wildman–Crippen LogP) is 17.7. The first-order valence-corrected chi connectivity index (χ1v) is 37.3. The minimum absolute atomic E-state index is 0. The van der Waals surface area contributed by atoms with Crippen LogP contribution in [0.1, 0.15) is 38.9 Å². The van der Waals surface area contributed by atoms with Gasteiger partial charge in [-0.15, -0.1) is 0 Å². The molecule has 518 valence electrons. The van der Waals surface area contributed by atoms with Gasteiger partial charge in [0, 0.05) is 30.0 Å². The summed E-state index contributed by atoms with van der Waals surface area (Å²) < 4.78 is 9.89. The lowest BCUT2D eigenvalue weighted by molar-refractivity contribution is -0.685. The monoisotopic (exact) mass is 1750 g/mol. The van der Waals surface area contributed by atoms with Gasteiger partial charge in [-0.25, -0.2) is 28.2 Å². The van der Waals surface area contributed by atoms with E-state index in [0.29, 0.717) is 54.3 Å². The van der Waals surface area contributed by atoms with Gasteiger partial charge in [-0.1, -0.05) is 339 Å². The predicted molar refractivity (Wildman–Crippen MR) is 425 cm³/mol. The van der Waals surface area contributed by atoms with Crippen LogP contribution >= 0.6 is 125 Å². The fourth-order valence-corrected chi connectivity index (χ4v) is 13.5. The summed E-state index contributed by atoms with van der Waals surface area (Å²) >= 11 is 55.3. The van der Waals surface area contributed by atoms with E-state index in [1.165, 1.54) is 88.4 Å². The third kappa shape index (κ3) is 23.0. The number of nitrogens with zero attached hydrogens (tertiary/aromatic N) is 7. The number of H-pyrrole nitrogens is 1. The molecule has 15 rings (SSSR count). The largest absolute Gasteiger partial charge is 1.00 e. The minimum atomic E-state index is 0. The molecule has 0 amide bonds. The van der Waals surface area contributed by atoms with Gasteiger partial charge in [0.25, 0.3) is 20.6 Å². The molecule has 0 unspecified atom stereocenters. The van der Waals surface area contributed by atoms with Gasteiger partial charge in [0.2, 0.25) is 12.7 Å². The van der Waals surface area contributed by atoms with Gasteiger partial charge >= 0.3 is 0 Å². The molecule has 0 aliphatic heterocycles. The van der Waals surface area contributed by atoms with E-state index in [2.05, 4.69) is 253 Å². The van der Waals surface area contributed by atoms with E-state index in [9.17, 15) is 0 Å². The molecule has 1 N–H and O–H groups in total. The zero-order valence-electron chi connectivity index (χ0n) is 54.6. The second kappa shape index (κ2) is 41.7. The van der Waals surface area contributed by atoms with Crippen LogP contribution in [0.5, 0.6) is 0 Å². The number of aryl methyl sites for hydroxylation is 7. The number of aromatic amines is 1. The Bertz CT molecular complexity index is 4810. The third-order valence-electron chi connectivity index (χ3n) is 16.3. The van der Waals surface area contributed by atoms with Crippen molar-refractivity contribution in [2.45, 2.75) is 63.7 Å². The van der Waals surface area contributed by atoms with Gasteiger partial charge < -0.3 is 43.5 Å². The van der Waals surface area contributed by atoms with E-state index >= 15 is 0 Å². The lowest BCUT2D eigenvalue weighted by Gasteiger charge is -2.07. The highest BCUT2D eigenvalue weighted by molar-refractivity contribution is 9.09. The molecule has 8 nitrogen and oxygen atoms in total. The van der Waals surface area contributed by atoms with Crippen LogP contribution < -0.4 is 43.1 Å². The molecule has 4 heterocycles. The van der Waals surface area contributed by atoms with Crippen LogP contribution in [0, 0.1) is 0 Å². The molecule has 4 aromatic heterocycles. The molecular weight excluding hydrogens is 1690 g/mol. The van der Waals surface area contributed by atoms with Gasteiger partial charge in [0.15, 0.2) is 10.3 Å². The summed E-state index contributed by atoms with van der Waals surface area (Å²) in [6.07, 6.45) is 10.9. The minimum Gasteiger partial charge on any atom is -1.00 e. The van der Waals surface area contributed by atoms with Crippen LogP contribution in [0.2, 0.25) is 41.2 Å². The van der Waals surface area contributed by atoms with Crippen LogP contribution in [0.15, 0.2) is 286 Å². The molecule has 15 aromatic rings. The van der Waals surface area contributed by atoms with E-state index in [0.717, 1.165) is 56.0 Å². The van der Waals surface area contributed by atoms with Crippen molar-refractivity contribution in [2.75, 3.05) is 5.33 Å². The molecule has 0 fully saturated rings. The number of rotatable bonds is 16. The van der Waals surface area contributed by atoms with Gasteiger partial charge in [-0.2, -0.15) is 0 Å². The molecule has 20 heteroatoms. The third-order valence-corrected chi connectivity index (χ3v) is 20.6. The van der Waals surface area contributed by atoms with Crippen LogP contribution in [-0.2, 0) is 63.7 Å². The van der Waals surface area contributed by atoms with E-state index in [4.69, 9.17) is 92.8 Å². The number of hydrogen-bond acceptors (Lipinski definition) is 2. The van der Waals surface area contributed by atoms with Crippen molar-refractivity contribution in [3.63, 3.8) is 0 Å². The number of fused-ring (bicyclic) bond motifs is 4. The van der Waals surface area contributed by atoms with Crippen molar-refractivity contribution in [2.24, 2.45) is 0 Å². The number of hydrogen-bond donors (Lipinski definition) is 1. The van der Waals surface area contributed by atoms with E-state index in [1.807, 2.05) is 90.1 Å². The lowest BCUT2D eigenvalue weighted by atomic mass is 10.0. The molecule has 11 aromatic carbocycles. The molecule has 0 saturated heterocycles. The second-order valence-electron chi connectivity index (χ2n) is 22.9. The molecule has 101 heavy (non-hydrogen) atoms. The Morgan fingerprint density at radius 2 is 0.663 bits per heavy atom. The van der Waals surface area contributed by atoms with Gasteiger partial charge in [-0.3, -0.25) is 0 Å². The van der Waals surface area contributed by atoms with Gasteiger partial charge in [0.1, 0.15) is 23.4 Å². The Kier molecular flexibility index (Phi) is 33.2. The Balaban J connectivity index is 0.000000162. The van der Waals surface area contributed by atoms with Crippen LogP contribution in [0.4, 0.5) is 0 Å². The number of benzene rings is 11. The first-order chi connectivity index (χ1) is 48.3. The van der Waals surface area contributed by atoms with Gasteiger partial charge in [-0.05, 0) is 141 Å². The highest BCUT2D eigenvalue weighted by Gasteiger charge is 2.22. The van der Waals surface area contributed by atoms with Crippen molar-refractivity contribution in [3.8, 4) is 0 Å². The van der Waals surface area contributed by atoms with Crippen molar-refractivity contribution < 1.29 is 43.1 Å². The van der Waals surface area contributed by atoms with Crippen LogP contribution in [-0.4, -0.2) is 34.0 Å². The summed E-state index contributed by atoms with van der Waals surface area (Å²) in [7, 11) is 0. The highest BCUT2D eigenvalue weighted by Crippen LogP contribution is 2.27. The van der Waals surface area contributed by atoms with Crippen molar-refractivity contribution >= 4 is 168 Å². The SMILES string of the molecule is BrCCc1cccc2ccccc12.BrCc1ccccc1.Clc1c(Cl)[n+](Cc2ccccc2)cn1CCc1cccc2ccccc12.Clc1c(Cl)[n+](Cc2ccccc2)cn1CCc1cccc2ccccc12.Clc1nc[nH]c1Cl.Clc1ncn(CCc2cccc3ccccc23)c1Cl.[Br-].[Br-]. The van der Waals surface area contributed by atoms with Crippen molar-refractivity contribution in [1.29, 1.82) is 0 Å². The molecular formula is C81H70Br4Cl8N8. The summed E-state index contributed by atoms with van der Waals surface area (Å²) in [5.41, 5.74) is 9.09. The molecule has 0 radical (unpaired) electrons. The first kappa shape index (κ1) is 80.2. The maximum atomic E-state index is 6.47. The summed E-state index contributed by atoms with van der Waals surface area (Å²) in [4.78, 5) is 10.2. The van der Waals surface area contributed by atoms with E-state index in [1.54, 1.807) is 6.33 Å². The quantitative estimate of drug-likeness (QED) is 0.0774. The smallest absolute Gasteiger partial charge is 0.255 e. The maximum Gasteiger partial charge on any atom is 0.255 e. The number of imidazole rings is 4. The highest BCUT2D eigenvalue weighted by atomic mass is 79.9. The topological polar surface area (TPSA) is 64.1 Å². The van der Waals surface area contributed by atoms with Gasteiger partial charge in [0.05, 0.1) is 25.7 Å². The van der Waals surface area contributed by atoms with E-state index in [-0.39, 0.29) is 34.0 Å². The fraction of sp³-hybridized carbons (Fsp3) is 0.136. The molecule has 0 spiro atoms. The summed E-state index contributed by atoms with van der Waals surface area (Å²) in [5, 5.41) is 16.3. The molecule has 0 bridgehead atoms. The normalized spacial score (nSPS) is 10.6. The number of halogens is 12. The number of aromatic nitrogens is 8. The number of alkyl halides is 2. The summed E-state index contributed by atoms with van der Waals surface area (Å²) in [6, 6.07) is 90.3. The Labute approximate surface area is 668 Å². The number of nitrogens with one attached hydrogen (secondary N) is 1. The average Bonchev–Trinajstić information content (AvgIpc) is 1.40. The molecule has 0 aliphatic carbocycles. The van der Waals surface area contributed by atoms with Crippen LogP contribution in [0.25, 0.3) is 43.1 Å². The zero-order chi connectivity index (χ0) is 69.3. The fourth-order valence-electron chi connectivity index (χ4n) is 11.3. The lowest BCUT2D eigenvalue weighted by Crippen LogP contribution is -3.00. The standard InChI is InChI=1S/2C22H19Cl2N2.C15H12Cl2N2.C12H11Br.C7H7Br.C3H2Cl2N2.2BrH/c2*23-21-22(24)26(15-17-7-2-1-3-8-17)16-25(21)14-13-19-11-6-10-18-9-4-5-12-20(18)19;16-14-15(17)19(10-18-14)9-8-12-6-3-5-11-4-1-2-7-13(11)12;13-9-8-11-6-3-5-10-4-1-2-7-12(10)11;8-6-7-4-2-1-3-5-7;4-2-3(5)7-1-6-2;;/h2*1-12,16H,13-15H2;1-7,10H,8-9H2;1-7H,8-9H2;1-5H,6H2;1H,(H,6,7);2*1H/q2*+1;;;;;;/p-2. The average molecular weight is 1760 g/mol. The zero-order valence-corrected chi connectivity index (χ0v) is 67.0. The molecule has 0 atom stereocenters. The van der Waals surface area contributed by atoms with Crippen molar-refractivity contribution in [3.05, 3.63) is 366 Å². The Morgan fingerprint density at radius 1 is 0.337 bits per heavy atom. The van der Waals surface area contributed by atoms with Crippen LogP contribution in [0.3, 0.4) is 0 Å². The second-order valence-corrected chi connectivity index (χ2v) is 27.1.